The van der Waals surface area contributed by atoms with Crippen molar-refractivity contribution in [3.05, 3.63) is 88.4 Å². The van der Waals surface area contributed by atoms with E-state index in [0.717, 1.165) is 10.7 Å². The number of hydrogen-bond acceptors (Lipinski definition) is 4. The summed E-state index contributed by atoms with van der Waals surface area (Å²) in [6, 6.07) is 18.3. The first-order valence-corrected chi connectivity index (χ1v) is 12.6. The van der Waals surface area contributed by atoms with E-state index >= 15 is 0 Å². The van der Waals surface area contributed by atoms with Crippen LogP contribution in [0.3, 0.4) is 0 Å². The maximum Gasteiger partial charge on any atom is 0.264 e. The van der Waals surface area contributed by atoms with Crippen molar-refractivity contribution in [3.8, 4) is 0 Å². The average Bonchev–Trinajstić information content (AvgIpc) is 2.81. The van der Waals surface area contributed by atoms with Gasteiger partial charge in [0.1, 0.15) is 6.54 Å². The summed E-state index contributed by atoms with van der Waals surface area (Å²) in [5, 5.41) is 6.11. The van der Waals surface area contributed by atoms with Crippen LogP contribution in [-0.2, 0) is 14.8 Å². The van der Waals surface area contributed by atoms with Crippen molar-refractivity contribution in [3.63, 3.8) is 0 Å². The summed E-state index contributed by atoms with van der Waals surface area (Å²) in [6.45, 7) is 1.87. The molecule has 178 valence electrons. The second kappa shape index (κ2) is 11.4. The number of halogens is 2. The number of carbonyl (C=O) groups is 2. The Kier molecular flexibility index (Phi) is 8.55. The first kappa shape index (κ1) is 25.6. The minimum Gasteiger partial charge on any atom is -0.352 e. The van der Waals surface area contributed by atoms with Crippen molar-refractivity contribution in [1.82, 2.24) is 5.32 Å². The molecule has 0 atom stereocenters. The molecule has 10 heteroatoms. The Balaban J connectivity index is 1.92. The molecule has 0 unspecified atom stereocenters. The van der Waals surface area contributed by atoms with Crippen LogP contribution < -0.4 is 14.9 Å². The number of benzene rings is 3. The van der Waals surface area contributed by atoms with Crippen LogP contribution in [0.1, 0.15) is 23.7 Å². The van der Waals surface area contributed by atoms with Crippen LogP contribution in [0.2, 0.25) is 10.0 Å². The zero-order valence-corrected chi connectivity index (χ0v) is 20.6. The van der Waals surface area contributed by atoms with Crippen LogP contribution in [0.25, 0.3) is 0 Å². The van der Waals surface area contributed by atoms with Gasteiger partial charge in [-0.15, -0.1) is 0 Å². The molecule has 3 aromatic carbocycles. The fourth-order valence-corrected chi connectivity index (χ4v) is 4.85. The Morgan fingerprint density at radius 3 is 2.29 bits per heavy atom. The molecule has 3 aromatic rings. The quantitative estimate of drug-likeness (QED) is 0.417. The molecule has 0 aliphatic carbocycles. The number of anilines is 2. The minimum absolute atomic E-state index is 0.0379. The number of hydrogen-bond donors (Lipinski definition) is 2. The molecule has 0 spiro atoms. The zero-order chi connectivity index (χ0) is 24.7. The third-order valence-electron chi connectivity index (χ3n) is 4.77. The molecular weight excluding hydrogens is 497 g/mol. The SMILES string of the molecule is CCCNC(=O)c1ccccc1NC(=O)CN(c1cccc(Cl)c1)S(=O)(=O)c1ccc(Cl)cc1. The van der Waals surface area contributed by atoms with Gasteiger partial charge in [0.05, 0.1) is 21.8 Å². The monoisotopic (exact) mass is 519 g/mol. The Labute approximate surface area is 208 Å². The lowest BCUT2D eigenvalue weighted by Gasteiger charge is -2.24. The van der Waals surface area contributed by atoms with E-state index in [1.807, 2.05) is 6.92 Å². The molecule has 3 rings (SSSR count). The molecular formula is C24H23Cl2N3O4S. The number of carbonyl (C=O) groups excluding carboxylic acids is 2. The standard InChI is InChI=1S/C24H23Cl2N3O4S/c1-2-14-27-24(31)21-8-3-4-9-22(21)28-23(30)16-29(19-7-5-6-18(26)15-19)34(32,33)20-12-10-17(25)11-13-20/h3-13,15H,2,14,16H2,1H3,(H,27,31)(H,28,30). The number of rotatable bonds is 9. The van der Waals surface area contributed by atoms with Gasteiger partial charge >= 0.3 is 0 Å². The summed E-state index contributed by atoms with van der Waals surface area (Å²) in [6.07, 6.45) is 0.761. The van der Waals surface area contributed by atoms with Gasteiger partial charge in [-0.1, -0.05) is 48.3 Å². The maximum atomic E-state index is 13.4. The molecule has 7 nitrogen and oxygen atoms in total. The summed E-state index contributed by atoms with van der Waals surface area (Å²) >= 11 is 12.0. The van der Waals surface area contributed by atoms with Crippen LogP contribution in [0.5, 0.6) is 0 Å². The Bertz CT molecular complexity index is 1280. The highest BCUT2D eigenvalue weighted by Gasteiger charge is 2.28. The van der Waals surface area contributed by atoms with Gasteiger partial charge < -0.3 is 10.6 Å². The average molecular weight is 520 g/mol. The highest BCUT2D eigenvalue weighted by Crippen LogP contribution is 2.27. The van der Waals surface area contributed by atoms with Crippen molar-refractivity contribution in [2.45, 2.75) is 18.2 Å². The van der Waals surface area contributed by atoms with Gasteiger partial charge in [0.25, 0.3) is 15.9 Å². The molecule has 0 aromatic heterocycles. The van der Waals surface area contributed by atoms with Crippen molar-refractivity contribution >= 4 is 56.4 Å². The molecule has 2 N–H and O–H groups in total. The van der Waals surface area contributed by atoms with Gasteiger partial charge in [0.2, 0.25) is 5.91 Å². The third-order valence-corrected chi connectivity index (χ3v) is 7.04. The van der Waals surface area contributed by atoms with Crippen LogP contribution >= 0.6 is 23.2 Å². The van der Waals surface area contributed by atoms with Gasteiger partial charge in [0.15, 0.2) is 0 Å². The number of nitrogens with zero attached hydrogens (tertiary/aromatic N) is 1. The predicted octanol–water partition coefficient (Wildman–Crippen LogP) is 4.97. The van der Waals surface area contributed by atoms with E-state index in [1.165, 1.54) is 30.3 Å². The largest absolute Gasteiger partial charge is 0.352 e. The second-order valence-corrected chi connectivity index (χ2v) is 10.0. The Morgan fingerprint density at radius 2 is 1.62 bits per heavy atom. The number of sulfonamides is 1. The molecule has 0 radical (unpaired) electrons. The fraction of sp³-hybridized carbons (Fsp3) is 0.167. The Morgan fingerprint density at radius 1 is 0.912 bits per heavy atom. The molecule has 0 heterocycles. The highest BCUT2D eigenvalue weighted by atomic mass is 35.5. The predicted molar refractivity (Wildman–Crippen MR) is 135 cm³/mol. The lowest BCUT2D eigenvalue weighted by atomic mass is 10.1. The first-order chi connectivity index (χ1) is 16.2. The molecule has 0 fully saturated rings. The molecule has 0 aliphatic rings. The minimum atomic E-state index is -4.14. The second-order valence-electron chi connectivity index (χ2n) is 7.30. The van der Waals surface area contributed by atoms with E-state index in [1.54, 1.807) is 42.5 Å². The summed E-state index contributed by atoms with van der Waals surface area (Å²) in [5.74, 6) is -0.966. The van der Waals surface area contributed by atoms with Crippen molar-refractivity contribution in [2.75, 3.05) is 22.7 Å². The lowest BCUT2D eigenvalue weighted by molar-refractivity contribution is -0.114. The van der Waals surface area contributed by atoms with Crippen molar-refractivity contribution in [1.29, 1.82) is 0 Å². The fourth-order valence-electron chi connectivity index (χ4n) is 3.12. The molecule has 0 aliphatic heterocycles. The van der Waals surface area contributed by atoms with E-state index in [-0.39, 0.29) is 27.7 Å². The van der Waals surface area contributed by atoms with Gasteiger partial charge in [-0.3, -0.25) is 13.9 Å². The van der Waals surface area contributed by atoms with E-state index in [0.29, 0.717) is 16.6 Å². The van der Waals surface area contributed by atoms with Gasteiger partial charge in [-0.25, -0.2) is 8.42 Å². The topological polar surface area (TPSA) is 95.6 Å². The third kappa shape index (κ3) is 6.28. The number of nitrogens with one attached hydrogen (secondary N) is 2. The molecule has 2 amide bonds. The summed E-state index contributed by atoms with van der Waals surface area (Å²) < 4.78 is 27.8. The summed E-state index contributed by atoms with van der Waals surface area (Å²) in [7, 11) is -4.14. The van der Waals surface area contributed by atoms with Crippen LogP contribution in [0.4, 0.5) is 11.4 Å². The summed E-state index contributed by atoms with van der Waals surface area (Å²) in [5.41, 5.74) is 0.766. The van der Waals surface area contributed by atoms with Crippen LogP contribution in [0.15, 0.2) is 77.7 Å². The lowest BCUT2D eigenvalue weighted by Crippen LogP contribution is -2.38. The van der Waals surface area contributed by atoms with Gasteiger partial charge in [-0.05, 0) is 61.0 Å². The molecule has 0 saturated heterocycles. The highest BCUT2D eigenvalue weighted by molar-refractivity contribution is 7.92. The normalized spacial score (nSPS) is 11.0. The van der Waals surface area contributed by atoms with Crippen LogP contribution in [0, 0.1) is 0 Å². The maximum absolute atomic E-state index is 13.4. The summed E-state index contributed by atoms with van der Waals surface area (Å²) in [4.78, 5) is 25.4. The molecule has 34 heavy (non-hydrogen) atoms. The van der Waals surface area contributed by atoms with Gasteiger partial charge in [-0.2, -0.15) is 0 Å². The first-order valence-electron chi connectivity index (χ1n) is 10.4. The Hall–Kier alpha value is -3.07. The smallest absolute Gasteiger partial charge is 0.264 e. The van der Waals surface area contributed by atoms with Crippen molar-refractivity contribution in [2.24, 2.45) is 0 Å². The van der Waals surface area contributed by atoms with E-state index < -0.39 is 22.5 Å². The van der Waals surface area contributed by atoms with E-state index in [4.69, 9.17) is 23.2 Å². The van der Waals surface area contributed by atoms with Crippen LogP contribution in [-0.4, -0.2) is 33.3 Å². The van der Waals surface area contributed by atoms with Gasteiger partial charge in [0, 0.05) is 16.6 Å². The molecule has 0 bridgehead atoms. The number of para-hydroxylation sites is 1. The molecule has 0 saturated carbocycles. The number of amides is 2. The van der Waals surface area contributed by atoms with E-state index in [9.17, 15) is 18.0 Å². The van der Waals surface area contributed by atoms with E-state index in [2.05, 4.69) is 10.6 Å². The van der Waals surface area contributed by atoms with Crippen molar-refractivity contribution < 1.29 is 18.0 Å². The zero-order valence-electron chi connectivity index (χ0n) is 18.3.